The van der Waals surface area contributed by atoms with E-state index >= 15 is 0 Å². The molecule has 17 heavy (non-hydrogen) atoms. The van der Waals surface area contributed by atoms with Crippen molar-refractivity contribution in [1.29, 1.82) is 5.26 Å². The van der Waals surface area contributed by atoms with Gasteiger partial charge in [0, 0.05) is 12.1 Å². The van der Waals surface area contributed by atoms with E-state index in [1.54, 1.807) is 36.4 Å². The molecule has 0 aliphatic carbocycles. The fourth-order valence-corrected chi connectivity index (χ4v) is 1.46. The van der Waals surface area contributed by atoms with E-state index in [2.05, 4.69) is 0 Å². The molecule has 0 radical (unpaired) electrons. The lowest BCUT2D eigenvalue weighted by atomic mass is 10.2. The van der Waals surface area contributed by atoms with E-state index < -0.39 is 5.91 Å². The summed E-state index contributed by atoms with van der Waals surface area (Å²) < 4.78 is 0. The molecule has 2 amide bonds. The first-order valence-electron chi connectivity index (χ1n) is 5.47. The number of nitrogens with zero attached hydrogens (tertiary/aromatic N) is 2. The van der Waals surface area contributed by atoms with Crippen molar-refractivity contribution in [1.82, 2.24) is 4.90 Å². The van der Waals surface area contributed by atoms with Gasteiger partial charge in [-0.1, -0.05) is 25.1 Å². The van der Waals surface area contributed by atoms with E-state index in [1.807, 2.05) is 6.92 Å². The van der Waals surface area contributed by atoms with Crippen LogP contribution in [0.15, 0.2) is 30.3 Å². The molecule has 4 nitrogen and oxygen atoms in total. The predicted octanol–water partition coefficient (Wildman–Crippen LogP) is 1.98. The van der Waals surface area contributed by atoms with Gasteiger partial charge in [-0.25, -0.2) is 0 Å². The van der Waals surface area contributed by atoms with Crippen LogP contribution in [0.3, 0.4) is 0 Å². The van der Waals surface area contributed by atoms with Crippen LogP contribution in [0.1, 0.15) is 30.1 Å². The average Bonchev–Trinajstić information content (AvgIpc) is 2.36. The van der Waals surface area contributed by atoms with Crippen molar-refractivity contribution in [3.63, 3.8) is 0 Å². The third kappa shape index (κ3) is 3.42. The highest BCUT2D eigenvalue weighted by atomic mass is 16.2. The summed E-state index contributed by atoms with van der Waals surface area (Å²) >= 11 is 0. The maximum Gasteiger partial charge on any atom is 0.260 e. The Kier molecular flexibility index (Phi) is 4.89. The van der Waals surface area contributed by atoms with Gasteiger partial charge in [0.05, 0.1) is 6.07 Å². The maximum absolute atomic E-state index is 12.0. The van der Waals surface area contributed by atoms with Gasteiger partial charge < -0.3 is 0 Å². The van der Waals surface area contributed by atoms with Gasteiger partial charge in [-0.15, -0.1) is 0 Å². The molecule has 0 heterocycles. The fraction of sp³-hybridized carbons (Fsp3) is 0.308. The normalized spacial score (nSPS) is 9.41. The Bertz CT molecular complexity index is 434. The standard InChI is InChI=1S/C13H14N2O2/c1-2-10-15(12(16)8-9-14)13(17)11-6-4-3-5-7-11/h3-7H,2,8,10H2,1H3. The highest BCUT2D eigenvalue weighted by Gasteiger charge is 2.21. The lowest BCUT2D eigenvalue weighted by Crippen LogP contribution is -2.37. The molecule has 0 N–H and O–H groups in total. The minimum absolute atomic E-state index is 0.265. The molecule has 0 unspecified atom stereocenters. The quantitative estimate of drug-likeness (QED) is 0.794. The lowest BCUT2D eigenvalue weighted by Gasteiger charge is -2.18. The Morgan fingerprint density at radius 2 is 1.94 bits per heavy atom. The van der Waals surface area contributed by atoms with E-state index in [0.717, 1.165) is 4.90 Å². The van der Waals surface area contributed by atoms with Gasteiger partial charge >= 0.3 is 0 Å². The molecule has 0 aromatic heterocycles. The van der Waals surface area contributed by atoms with Gasteiger partial charge in [-0.05, 0) is 18.6 Å². The smallest absolute Gasteiger partial charge is 0.260 e. The van der Waals surface area contributed by atoms with Crippen LogP contribution in [0, 0.1) is 11.3 Å². The summed E-state index contributed by atoms with van der Waals surface area (Å²) in [5, 5.41) is 8.50. The monoisotopic (exact) mass is 230 g/mol. The van der Waals surface area contributed by atoms with Gasteiger partial charge in [-0.2, -0.15) is 5.26 Å². The second-order valence-corrected chi connectivity index (χ2v) is 3.55. The van der Waals surface area contributed by atoms with Gasteiger partial charge in [0.15, 0.2) is 0 Å². The Hall–Kier alpha value is -2.15. The molecule has 1 aromatic carbocycles. The van der Waals surface area contributed by atoms with Gasteiger partial charge in [0.2, 0.25) is 5.91 Å². The largest absolute Gasteiger partial charge is 0.278 e. The van der Waals surface area contributed by atoms with Gasteiger partial charge in [0.25, 0.3) is 5.91 Å². The number of carbonyl (C=O) groups is 2. The second-order valence-electron chi connectivity index (χ2n) is 3.55. The van der Waals surface area contributed by atoms with Crippen molar-refractivity contribution >= 4 is 11.8 Å². The highest BCUT2D eigenvalue weighted by molar-refractivity contribution is 6.05. The fourth-order valence-electron chi connectivity index (χ4n) is 1.46. The number of carbonyl (C=O) groups excluding carboxylic acids is 2. The lowest BCUT2D eigenvalue weighted by molar-refractivity contribution is -0.127. The van der Waals surface area contributed by atoms with E-state index in [9.17, 15) is 9.59 Å². The predicted molar refractivity (Wildman–Crippen MR) is 63.0 cm³/mol. The van der Waals surface area contributed by atoms with Crippen molar-refractivity contribution in [3.8, 4) is 6.07 Å². The summed E-state index contributed by atoms with van der Waals surface area (Å²) in [5.41, 5.74) is 0.465. The number of benzene rings is 1. The van der Waals surface area contributed by atoms with Crippen LogP contribution in [-0.4, -0.2) is 23.3 Å². The molecule has 0 fully saturated rings. The molecule has 1 aromatic rings. The molecule has 0 saturated carbocycles. The topological polar surface area (TPSA) is 61.2 Å². The summed E-state index contributed by atoms with van der Waals surface area (Å²) in [7, 11) is 0. The molecule has 0 spiro atoms. The Labute approximate surface area is 100 Å². The Morgan fingerprint density at radius 1 is 1.29 bits per heavy atom. The zero-order chi connectivity index (χ0) is 12.7. The first-order valence-corrected chi connectivity index (χ1v) is 5.47. The van der Waals surface area contributed by atoms with Gasteiger partial charge in [-0.3, -0.25) is 14.5 Å². The summed E-state index contributed by atoms with van der Waals surface area (Å²) in [6.45, 7) is 2.22. The van der Waals surface area contributed by atoms with Crippen LogP contribution in [-0.2, 0) is 4.79 Å². The molecule has 88 valence electrons. The maximum atomic E-state index is 12.0. The van der Waals surface area contributed by atoms with E-state index in [4.69, 9.17) is 5.26 Å². The van der Waals surface area contributed by atoms with E-state index in [1.165, 1.54) is 0 Å². The Morgan fingerprint density at radius 3 is 2.47 bits per heavy atom. The molecular weight excluding hydrogens is 216 g/mol. The summed E-state index contributed by atoms with van der Waals surface area (Å²) in [6, 6.07) is 10.4. The van der Waals surface area contributed by atoms with Gasteiger partial charge in [0.1, 0.15) is 6.42 Å². The number of hydrogen-bond acceptors (Lipinski definition) is 3. The average molecular weight is 230 g/mol. The Balaban J connectivity index is 2.89. The molecule has 0 bridgehead atoms. The molecule has 0 saturated heterocycles. The molecule has 0 aliphatic rings. The van der Waals surface area contributed by atoms with Crippen molar-refractivity contribution in [2.45, 2.75) is 19.8 Å². The molecular formula is C13H14N2O2. The number of imide groups is 1. The zero-order valence-electron chi connectivity index (χ0n) is 9.72. The number of rotatable bonds is 4. The molecule has 1 rings (SSSR count). The number of amides is 2. The van der Waals surface area contributed by atoms with Crippen molar-refractivity contribution in [3.05, 3.63) is 35.9 Å². The summed E-state index contributed by atoms with van der Waals surface area (Å²) in [4.78, 5) is 24.8. The minimum atomic E-state index is -0.441. The summed E-state index contributed by atoms with van der Waals surface area (Å²) in [5.74, 6) is -0.782. The van der Waals surface area contributed by atoms with Crippen molar-refractivity contribution < 1.29 is 9.59 Å². The first kappa shape index (κ1) is 12.9. The van der Waals surface area contributed by atoms with E-state index in [-0.39, 0.29) is 12.3 Å². The third-order valence-corrected chi connectivity index (χ3v) is 2.24. The van der Waals surface area contributed by atoms with Crippen LogP contribution in [0.2, 0.25) is 0 Å². The summed E-state index contributed by atoms with van der Waals surface area (Å²) in [6.07, 6.45) is 0.411. The number of nitriles is 1. The van der Waals surface area contributed by atoms with Crippen LogP contribution in [0.4, 0.5) is 0 Å². The molecule has 0 aliphatic heterocycles. The van der Waals surface area contributed by atoms with Crippen LogP contribution >= 0.6 is 0 Å². The second kappa shape index (κ2) is 6.44. The third-order valence-electron chi connectivity index (χ3n) is 2.24. The van der Waals surface area contributed by atoms with Crippen LogP contribution in [0.25, 0.3) is 0 Å². The van der Waals surface area contributed by atoms with E-state index in [0.29, 0.717) is 18.5 Å². The highest BCUT2D eigenvalue weighted by Crippen LogP contribution is 2.07. The molecule has 0 atom stereocenters. The van der Waals surface area contributed by atoms with Crippen molar-refractivity contribution in [2.75, 3.05) is 6.54 Å². The minimum Gasteiger partial charge on any atom is -0.278 e. The van der Waals surface area contributed by atoms with Crippen molar-refractivity contribution in [2.24, 2.45) is 0 Å². The zero-order valence-corrected chi connectivity index (χ0v) is 9.72. The number of hydrogen-bond donors (Lipinski definition) is 0. The SMILES string of the molecule is CCCN(C(=O)CC#N)C(=O)c1ccccc1. The van der Waals surface area contributed by atoms with Crippen LogP contribution in [0.5, 0.6) is 0 Å². The molecule has 4 heteroatoms. The van der Waals surface area contributed by atoms with Crippen LogP contribution < -0.4 is 0 Å². The first-order chi connectivity index (χ1) is 8.20.